The molecule has 1 aromatic heterocycles. The van der Waals surface area contributed by atoms with Gasteiger partial charge in [0.1, 0.15) is 0 Å². The third-order valence-corrected chi connectivity index (χ3v) is 6.97. The van der Waals surface area contributed by atoms with Crippen molar-refractivity contribution in [2.45, 2.75) is 18.8 Å². The van der Waals surface area contributed by atoms with Crippen LogP contribution in [0.2, 0.25) is 0 Å². The molecular formula is C25H20BrN3O2. The molecule has 1 saturated carbocycles. The van der Waals surface area contributed by atoms with E-state index in [1.165, 1.54) is 0 Å². The van der Waals surface area contributed by atoms with Crippen LogP contribution in [0.15, 0.2) is 87.5 Å². The van der Waals surface area contributed by atoms with E-state index in [4.69, 9.17) is 0 Å². The van der Waals surface area contributed by atoms with E-state index in [2.05, 4.69) is 55.4 Å². The Morgan fingerprint density at radius 3 is 2.29 bits per heavy atom. The number of amides is 1. The van der Waals surface area contributed by atoms with E-state index in [0.29, 0.717) is 6.42 Å². The highest BCUT2D eigenvalue weighted by molar-refractivity contribution is 9.10. The van der Waals surface area contributed by atoms with Crippen molar-refractivity contribution >= 4 is 38.4 Å². The Hall–Kier alpha value is -3.25. The van der Waals surface area contributed by atoms with Gasteiger partial charge in [0.15, 0.2) is 5.69 Å². The van der Waals surface area contributed by atoms with E-state index >= 15 is 0 Å². The average Bonchev–Trinajstić information content (AvgIpc) is 3.48. The molecule has 1 atom stereocenters. The summed E-state index contributed by atoms with van der Waals surface area (Å²) in [6, 6.07) is 23.9. The Balaban J connectivity index is 1.49. The maximum absolute atomic E-state index is 13.1. The molecule has 1 aliphatic carbocycles. The van der Waals surface area contributed by atoms with Gasteiger partial charge in [0.05, 0.1) is 11.4 Å². The van der Waals surface area contributed by atoms with Gasteiger partial charge >= 0.3 is 0 Å². The first-order valence-electron chi connectivity index (χ1n) is 10.1. The molecule has 5 rings (SSSR count). The fourth-order valence-corrected chi connectivity index (χ4v) is 4.75. The van der Waals surface area contributed by atoms with Crippen LogP contribution in [0, 0.1) is 12.8 Å². The van der Waals surface area contributed by atoms with Crippen LogP contribution in [0.1, 0.15) is 23.1 Å². The standard InChI is InChI=1S/C25H20BrN3O2/c1-15-12-18-21(13-20(15)26)27-24(31)22(18)28-29-23(30)19-14-25(19,16-8-4-2-5-9-16)17-10-6-3-7-11-17/h2-13,19,27,31H,14H2,1H3/t19-/m1/s1. The van der Waals surface area contributed by atoms with Crippen molar-refractivity contribution in [1.82, 2.24) is 4.98 Å². The van der Waals surface area contributed by atoms with Crippen molar-refractivity contribution in [3.05, 3.63) is 94.0 Å². The number of hydrogen-bond acceptors (Lipinski definition) is 3. The number of aromatic hydroxyl groups is 1. The Labute approximate surface area is 188 Å². The van der Waals surface area contributed by atoms with Crippen molar-refractivity contribution < 1.29 is 9.90 Å². The summed E-state index contributed by atoms with van der Waals surface area (Å²) in [5, 5.41) is 19.2. The number of halogens is 1. The monoisotopic (exact) mass is 473 g/mol. The van der Waals surface area contributed by atoms with Gasteiger partial charge in [-0.05, 0) is 42.2 Å². The Morgan fingerprint density at radius 2 is 1.68 bits per heavy atom. The van der Waals surface area contributed by atoms with E-state index < -0.39 is 0 Å². The van der Waals surface area contributed by atoms with Gasteiger partial charge in [-0.2, -0.15) is 0 Å². The summed E-state index contributed by atoms with van der Waals surface area (Å²) < 4.78 is 0.925. The number of benzene rings is 3. The molecule has 3 aromatic carbocycles. The number of azo groups is 1. The zero-order valence-corrected chi connectivity index (χ0v) is 18.4. The van der Waals surface area contributed by atoms with Gasteiger partial charge in [-0.15, -0.1) is 10.2 Å². The predicted octanol–water partition coefficient (Wildman–Crippen LogP) is 6.56. The minimum absolute atomic E-state index is 0.0998. The number of H-pyrrole nitrogens is 1. The number of aryl methyl sites for hydroxylation is 1. The van der Waals surface area contributed by atoms with Crippen LogP contribution >= 0.6 is 15.9 Å². The maximum Gasteiger partial charge on any atom is 0.269 e. The van der Waals surface area contributed by atoms with E-state index in [9.17, 15) is 9.90 Å². The van der Waals surface area contributed by atoms with Crippen molar-refractivity contribution in [3.63, 3.8) is 0 Å². The lowest BCUT2D eigenvalue weighted by Crippen LogP contribution is -2.16. The SMILES string of the molecule is Cc1cc2c(N=NC(=O)[C@H]3CC3(c3ccccc3)c3ccccc3)c(O)[nH]c2cc1Br. The number of aromatic amines is 1. The van der Waals surface area contributed by atoms with Crippen molar-refractivity contribution in [2.24, 2.45) is 16.1 Å². The zero-order chi connectivity index (χ0) is 21.6. The van der Waals surface area contributed by atoms with Gasteiger partial charge in [-0.1, -0.05) is 76.6 Å². The highest BCUT2D eigenvalue weighted by atomic mass is 79.9. The molecule has 0 radical (unpaired) electrons. The minimum Gasteiger partial charge on any atom is -0.493 e. The fourth-order valence-electron chi connectivity index (χ4n) is 4.40. The minimum atomic E-state index is -0.387. The van der Waals surface area contributed by atoms with Crippen molar-refractivity contribution in [2.75, 3.05) is 0 Å². The van der Waals surface area contributed by atoms with Crippen LogP contribution in [0.4, 0.5) is 5.69 Å². The molecule has 5 nitrogen and oxygen atoms in total. The highest BCUT2D eigenvalue weighted by Crippen LogP contribution is 2.59. The van der Waals surface area contributed by atoms with Crippen LogP contribution < -0.4 is 0 Å². The van der Waals surface area contributed by atoms with Crippen LogP contribution in [0.3, 0.4) is 0 Å². The molecule has 2 N–H and O–H groups in total. The Morgan fingerprint density at radius 1 is 1.06 bits per heavy atom. The highest BCUT2D eigenvalue weighted by Gasteiger charge is 2.60. The van der Waals surface area contributed by atoms with Crippen LogP contribution in [0.25, 0.3) is 10.9 Å². The predicted molar refractivity (Wildman–Crippen MR) is 124 cm³/mol. The van der Waals surface area contributed by atoms with Gasteiger partial charge in [-0.3, -0.25) is 4.79 Å². The normalized spacial score (nSPS) is 17.3. The Kier molecular flexibility index (Phi) is 4.74. The summed E-state index contributed by atoms with van der Waals surface area (Å²) in [7, 11) is 0. The molecule has 1 heterocycles. The van der Waals surface area contributed by atoms with Crippen LogP contribution in [-0.2, 0) is 10.2 Å². The second-order valence-corrected chi connectivity index (χ2v) is 8.82. The van der Waals surface area contributed by atoms with Gasteiger partial charge < -0.3 is 10.1 Å². The molecular weight excluding hydrogens is 454 g/mol. The number of carbonyl (C=O) groups excluding carboxylic acids is 1. The summed E-state index contributed by atoms with van der Waals surface area (Å²) in [6.45, 7) is 1.96. The second kappa shape index (κ2) is 7.46. The summed E-state index contributed by atoms with van der Waals surface area (Å²) in [5.74, 6) is -0.670. The number of nitrogens with one attached hydrogen (secondary N) is 1. The first kappa shape index (κ1) is 19.7. The molecule has 6 heteroatoms. The molecule has 154 valence electrons. The third kappa shape index (κ3) is 3.27. The molecule has 31 heavy (non-hydrogen) atoms. The molecule has 0 saturated heterocycles. The van der Waals surface area contributed by atoms with Gasteiger partial charge in [-0.25, -0.2) is 0 Å². The summed E-state index contributed by atoms with van der Waals surface area (Å²) in [6.07, 6.45) is 0.685. The number of nitrogens with zero attached hydrogens (tertiary/aromatic N) is 2. The molecule has 0 spiro atoms. The fraction of sp³-hybridized carbons (Fsp3) is 0.160. The molecule has 0 bridgehead atoms. The summed E-state index contributed by atoms with van der Waals surface area (Å²) >= 11 is 3.49. The number of carbonyl (C=O) groups is 1. The Bertz CT molecular complexity index is 1270. The quantitative estimate of drug-likeness (QED) is 0.329. The number of hydrogen-bond donors (Lipinski definition) is 2. The summed E-state index contributed by atoms with van der Waals surface area (Å²) in [5.41, 5.74) is 3.83. The van der Waals surface area contributed by atoms with E-state index in [1.807, 2.05) is 55.5 Å². The number of aromatic nitrogens is 1. The first-order valence-corrected chi connectivity index (χ1v) is 10.9. The first-order chi connectivity index (χ1) is 15.0. The average molecular weight is 474 g/mol. The number of fused-ring (bicyclic) bond motifs is 1. The van der Waals surface area contributed by atoms with Gasteiger partial charge in [0.2, 0.25) is 5.88 Å². The van der Waals surface area contributed by atoms with E-state index in [1.54, 1.807) is 0 Å². The lowest BCUT2D eigenvalue weighted by atomic mass is 9.85. The third-order valence-electron chi connectivity index (χ3n) is 6.12. The maximum atomic E-state index is 13.1. The van der Waals surface area contributed by atoms with Crippen molar-refractivity contribution in [1.29, 1.82) is 0 Å². The molecule has 1 aliphatic rings. The van der Waals surface area contributed by atoms with E-state index in [-0.39, 0.29) is 28.8 Å². The van der Waals surface area contributed by atoms with Gasteiger partial charge in [0, 0.05) is 15.3 Å². The molecule has 0 aliphatic heterocycles. The lowest BCUT2D eigenvalue weighted by molar-refractivity contribution is -0.119. The van der Waals surface area contributed by atoms with Gasteiger partial charge in [0.25, 0.3) is 5.91 Å². The number of rotatable bonds is 4. The van der Waals surface area contributed by atoms with Crippen molar-refractivity contribution in [3.8, 4) is 5.88 Å². The smallest absolute Gasteiger partial charge is 0.269 e. The van der Waals surface area contributed by atoms with E-state index in [0.717, 1.165) is 32.1 Å². The van der Waals surface area contributed by atoms with Crippen LogP contribution in [0.5, 0.6) is 5.88 Å². The zero-order valence-electron chi connectivity index (χ0n) is 16.8. The molecule has 1 amide bonds. The molecule has 1 fully saturated rings. The summed E-state index contributed by atoms with van der Waals surface area (Å²) in [4.78, 5) is 16.0. The molecule has 0 unspecified atom stereocenters. The second-order valence-electron chi connectivity index (χ2n) is 7.97. The van der Waals surface area contributed by atoms with Crippen LogP contribution in [-0.4, -0.2) is 16.0 Å². The molecule has 4 aromatic rings. The topological polar surface area (TPSA) is 77.8 Å². The largest absolute Gasteiger partial charge is 0.493 e. The lowest BCUT2D eigenvalue weighted by Gasteiger charge is -2.17.